The summed E-state index contributed by atoms with van der Waals surface area (Å²) < 4.78 is 0. The molecular weight excluding hydrogens is 200 g/mol. The number of carbonyl (C=O) groups excluding carboxylic acids is 1. The van der Waals surface area contributed by atoms with Gasteiger partial charge < -0.3 is 0 Å². The van der Waals surface area contributed by atoms with Crippen molar-refractivity contribution in [2.45, 2.75) is 51.4 Å². The molecule has 1 fully saturated rings. The zero-order valence-electron chi connectivity index (χ0n) is 10.2. The molecule has 0 aromatic rings. The van der Waals surface area contributed by atoms with Crippen molar-refractivity contribution in [2.75, 3.05) is 0 Å². The third-order valence-electron chi connectivity index (χ3n) is 3.69. The second-order valence-electron chi connectivity index (χ2n) is 6.41. The Balaban J connectivity index is 2.03. The van der Waals surface area contributed by atoms with Crippen molar-refractivity contribution in [1.82, 2.24) is 0 Å². The van der Waals surface area contributed by atoms with E-state index >= 15 is 0 Å². The molecular formula is C13H22OSi. The Morgan fingerprint density at radius 1 is 1.40 bits per heavy atom. The van der Waals surface area contributed by atoms with Gasteiger partial charge in [-0.15, -0.1) is 0 Å². The number of hydrogen-bond donors (Lipinski definition) is 0. The number of Topliss-reactive ketones (excluding diaryl/α,β-unsaturated/α-hetero) is 1. The smallest absolute Gasteiger partial charge is 0.136 e. The van der Waals surface area contributed by atoms with Crippen LogP contribution in [0.4, 0.5) is 0 Å². The average molecular weight is 222 g/mol. The Bertz CT molecular complexity index is 298. The molecule has 2 aliphatic rings. The molecule has 0 heterocycles. The molecule has 0 aromatic carbocycles. The summed E-state index contributed by atoms with van der Waals surface area (Å²) in [4.78, 5) is 11.7. The van der Waals surface area contributed by atoms with E-state index in [1.54, 1.807) is 5.57 Å². The van der Waals surface area contributed by atoms with Crippen molar-refractivity contribution in [2.24, 2.45) is 11.8 Å². The van der Waals surface area contributed by atoms with Crippen molar-refractivity contribution in [3.05, 3.63) is 11.6 Å². The SMILES string of the molecule is C[Si](C)(C)CC1=CCC2CCC(=O)C2C1. The summed E-state index contributed by atoms with van der Waals surface area (Å²) >= 11 is 0. The summed E-state index contributed by atoms with van der Waals surface area (Å²) in [5.41, 5.74) is 1.59. The number of ketones is 1. The molecule has 1 nitrogen and oxygen atoms in total. The fourth-order valence-corrected chi connectivity index (χ4v) is 4.70. The number of rotatable bonds is 2. The van der Waals surface area contributed by atoms with E-state index in [-0.39, 0.29) is 0 Å². The molecule has 2 heteroatoms. The Hall–Kier alpha value is -0.373. The third kappa shape index (κ3) is 2.60. The third-order valence-corrected chi connectivity index (χ3v) is 5.21. The molecule has 0 amide bonds. The molecule has 0 spiro atoms. The van der Waals surface area contributed by atoms with Gasteiger partial charge in [-0.2, -0.15) is 0 Å². The molecule has 2 unspecified atom stereocenters. The van der Waals surface area contributed by atoms with E-state index in [4.69, 9.17) is 0 Å². The minimum atomic E-state index is -0.990. The highest BCUT2D eigenvalue weighted by Crippen LogP contribution is 2.41. The quantitative estimate of drug-likeness (QED) is 0.515. The van der Waals surface area contributed by atoms with Crippen LogP contribution >= 0.6 is 0 Å². The topological polar surface area (TPSA) is 17.1 Å². The fraction of sp³-hybridized carbons (Fsp3) is 0.769. The van der Waals surface area contributed by atoms with Gasteiger partial charge in [0.15, 0.2) is 0 Å². The van der Waals surface area contributed by atoms with Crippen LogP contribution in [0.25, 0.3) is 0 Å². The Labute approximate surface area is 94.0 Å². The maximum atomic E-state index is 11.7. The highest BCUT2D eigenvalue weighted by molar-refractivity contribution is 6.76. The molecule has 0 saturated heterocycles. The predicted molar refractivity (Wildman–Crippen MR) is 66.7 cm³/mol. The van der Waals surface area contributed by atoms with Crippen molar-refractivity contribution in [3.8, 4) is 0 Å². The van der Waals surface area contributed by atoms with Crippen LogP contribution in [0.3, 0.4) is 0 Å². The molecule has 84 valence electrons. The van der Waals surface area contributed by atoms with E-state index in [0.29, 0.717) is 17.6 Å². The van der Waals surface area contributed by atoms with Gasteiger partial charge in [0.2, 0.25) is 0 Å². The lowest BCUT2D eigenvalue weighted by Crippen LogP contribution is -2.25. The maximum absolute atomic E-state index is 11.7. The molecule has 0 aromatic heterocycles. The van der Waals surface area contributed by atoms with Gasteiger partial charge in [-0.1, -0.05) is 31.3 Å². The molecule has 2 atom stereocenters. The lowest BCUT2D eigenvalue weighted by molar-refractivity contribution is -0.121. The summed E-state index contributed by atoms with van der Waals surface area (Å²) in [6, 6.07) is 1.30. The van der Waals surface area contributed by atoms with E-state index in [2.05, 4.69) is 25.7 Å². The van der Waals surface area contributed by atoms with E-state index in [9.17, 15) is 4.79 Å². The molecule has 2 aliphatic carbocycles. The van der Waals surface area contributed by atoms with Gasteiger partial charge in [0.1, 0.15) is 5.78 Å². The van der Waals surface area contributed by atoms with Crippen LogP contribution in [0.5, 0.6) is 0 Å². The van der Waals surface area contributed by atoms with Gasteiger partial charge in [-0.25, -0.2) is 0 Å². The summed E-state index contributed by atoms with van der Waals surface area (Å²) in [6.07, 6.45) is 6.71. The fourth-order valence-electron chi connectivity index (χ4n) is 3.05. The van der Waals surface area contributed by atoms with Crippen LogP contribution in [0.2, 0.25) is 25.7 Å². The van der Waals surface area contributed by atoms with Gasteiger partial charge in [0, 0.05) is 20.4 Å². The van der Waals surface area contributed by atoms with E-state index < -0.39 is 8.07 Å². The van der Waals surface area contributed by atoms with E-state index in [0.717, 1.165) is 19.3 Å². The van der Waals surface area contributed by atoms with Crippen LogP contribution in [0.1, 0.15) is 25.7 Å². The van der Waals surface area contributed by atoms with Gasteiger partial charge in [0.25, 0.3) is 0 Å². The lowest BCUT2D eigenvalue weighted by atomic mass is 9.82. The first-order chi connectivity index (χ1) is 6.96. The molecule has 0 N–H and O–H groups in total. The number of allylic oxidation sites excluding steroid dienone is 2. The first-order valence-corrected chi connectivity index (χ1v) is 9.87. The standard InChI is InChI=1S/C13H22OSi/c1-15(2,3)9-10-4-5-11-6-7-13(14)12(11)8-10/h4,11-12H,5-9H2,1-3H3. The van der Waals surface area contributed by atoms with Gasteiger partial charge in [0.05, 0.1) is 0 Å². The molecule has 0 radical (unpaired) electrons. The Morgan fingerprint density at radius 3 is 2.80 bits per heavy atom. The van der Waals surface area contributed by atoms with Gasteiger partial charge in [-0.05, 0) is 31.2 Å². The monoisotopic (exact) mass is 222 g/mol. The second kappa shape index (κ2) is 3.89. The van der Waals surface area contributed by atoms with Crippen LogP contribution in [-0.4, -0.2) is 13.9 Å². The molecule has 15 heavy (non-hydrogen) atoms. The highest BCUT2D eigenvalue weighted by Gasteiger charge is 2.36. The zero-order valence-corrected chi connectivity index (χ0v) is 11.2. The largest absolute Gasteiger partial charge is 0.299 e. The number of carbonyl (C=O) groups is 1. The van der Waals surface area contributed by atoms with Crippen LogP contribution < -0.4 is 0 Å². The Morgan fingerprint density at radius 2 is 2.13 bits per heavy atom. The molecule has 2 rings (SSSR count). The average Bonchev–Trinajstić information content (AvgIpc) is 2.45. The molecule has 0 bridgehead atoms. The van der Waals surface area contributed by atoms with Crippen molar-refractivity contribution < 1.29 is 4.79 Å². The summed E-state index contributed by atoms with van der Waals surface area (Å²) in [5, 5.41) is 0. The van der Waals surface area contributed by atoms with E-state index in [1.807, 2.05) is 0 Å². The zero-order chi connectivity index (χ0) is 11.1. The first-order valence-electron chi connectivity index (χ1n) is 6.16. The van der Waals surface area contributed by atoms with Crippen LogP contribution in [0.15, 0.2) is 11.6 Å². The molecule has 0 aliphatic heterocycles. The van der Waals surface area contributed by atoms with Crippen LogP contribution in [-0.2, 0) is 4.79 Å². The lowest BCUT2D eigenvalue weighted by Gasteiger charge is -2.27. The number of hydrogen-bond acceptors (Lipinski definition) is 1. The van der Waals surface area contributed by atoms with Gasteiger partial charge >= 0.3 is 0 Å². The van der Waals surface area contributed by atoms with Gasteiger partial charge in [-0.3, -0.25) is 4.79 Å². The van der Waals surface area contributed by atoms with Crippen molar-refractivity contribution >= 4 is 13.9 Å². The maximum Gasteiger partial charge on any atom is 0.136 e. The van der Waals surface area contributed by atoms with Crippen molar-refractivity contribution in [1.29, 1.82) is 0 Å². The molecule has 1 saturated carbocycles. The second-order valence-corrected chi connectivity index (χ2v) is 11.9. The van der Waals surface area contributed by atoms with E-state index in [1.165, 1.54) is 12.5 Å². The predicted octanol–water partition coefficient (Wildman–Crippen LogP) is 3.64. The van der Waals surface area contributed by atoms with Crippen LogP contribution in [0, 0.1) is 11.8 Å². The minimum absolute atomic E-state index is 0.404. The Kier molecular flexibility index (Phi) is 2.89. The summed E-state index contributed by atoms with van der Waals surface area (Å²) in [7, 11) is -0.990. The minimum Gasteiger partial charge on any atom is -0.299 e. The summed E-state index contributed by atoms with van der Waals surface area (Å²) in [5.74, 6) is 1.64. The highest BCUT2D eigenvalue weighted by atomic mass is 28.3. The number of fused-ring (bicyclic) bond motifs is 1. The summed E-state index contributed by atoms with van der Waals surface area (Å²) in [6.45, 7) is 7.24. The van der Waals surface area contributed by atoms with Crippen molar-refractivity contribution in [3.63, 3.8) is 0 Å². The first kappa shape index (κ1) is 11.1. The normalized spacial score (nSPS) is 31.4.